The molecule has 4 rings (SSSR count). The summed E-state index contributed by atoms with van der Waals surface area (Å²) >= 11 is 0. The van der Waals surface area contributed by atoms with E-state index in [0.717, 1.165) is 33.0 Å². The number of nitrogens with one attached hydrogen (secondary N) is 3. The third kappa shape index (κ3) is 4.93. The number of carbonyl (C=O) groups excluding carboxylic acids is 1. The molecule has 0 radical (unpaired) electrons. The number of aromatic nitrogens is 2. The molecule has 0 spiro atoms. The number of aromatic amines is 1. The minimum atomic E-state index is -3.40. The minimum Gasteiger partial charge on any atom is -0.395 e. The molecule has 1 amide bonds. The quantitative estimate of drug-likeness (QED) is 0.265. The first-order chi connectivity index (χ1) is 16.8. The van der Waals surface area contributed by atoms with Crippen LogP contribution in [0.5, 0.6) is 0 Å². The number of amides is 1. The van der Waals surface area contributed by atoms with Gasteiger partial charge in [-0.15, -0.1) is 0 Å². The van der Waals surface area contributed by atoms with Crippen LogP contribution in [0.1, 0.15) is 28.4 Å². The number of hydrogen-bond donors (Lipinski definition) is 4. The van der Waals surface area contributed by atoms with Gasteiger partial charge in [-0.3, -0.25) is 4.79 Å². The number of aliphatic hydroxyl groups is 1. The van der Waals surface area contributed by atoms with Gasteiger partial charge in [0.25, 0.3) is 5.91 Å². The molecule has 0 aliphatic rings. The SMILES string of the molecule is CCS(=O)(=O)c1cccc(-c2cc(C(=O)NCCNCCO)c(C)c3[nH]c4ncc(C)cc4c23)c1. The molecule has 9 heteroatoms. The van der Waals surface area contributed by atoms with Crippen LogP contribution in [0.4, 0.5) is 0 Å². The third-order valence-electron chi connectivity index (χ3n) is 6.13. The van der Waals surface area contributed by atoms with Gasteiger partial charge in [-0.05, 0) is 60.4 Å². The predicted molar refractivity (Wildman–Crippen MR) is 139 cm³/mol. The molecule has 0 aliphatic carbocycles. The van der Waals surface area contributed by atoms with Gasteiger partial charge >= 0.3 is 0 Å². The lowest BCUT2D eigenvalue weighted by Gasteiger charge is -2.14. The van der Waals surface area contributed by atoms with Crippen molar-refractivity contribution in [2.24, 2.45) is 0 Å². The zero-order chi connectivity index (χ0) is 25.2. The number of pyridine rings is 1. The van der Waals surface area contributed by atoms with Crippen LogP contribution < -0.4 is 10.6 Å². The number of carbonyl (C=O) groups is 1. The first-order valence-corrected chi connectivity index (χ1v) is 13.3. The minimum absolute atomic E-state index is 0.00787. The Morgan fingerprint density at radius 3 is 2.66 bits per heavy atom. The van der Waals surface area contributed by atoms with Crippen LogP contribution in [0.3, 0.4) is 0 Å². The molecule has 2 heterocycles. The molecule has 0 atom stereocenters. The van der Waals surface area contributed by atoms with Crippen molar-refractivity contribution in [3.8, 4) is 11.1 Å². The average molecular weight is 495 g/mol. The van der Waals surface area contributed by atoms with E-state index in [4.69, 9.17) is 5.11 Å². The molecular weight excluding hydrogens is 464 g/mol. The van der Waals surface area contributed by atoms with Crippen LogP contribution in [0.2, 0.25) is 0 Å². The van der Waals surface area contributed by atoms with E-state index in [1.54, 1.807) is 31.3 Å². The Kier molecular flexibility index (Phi) is 7.20. The lowest BCUT2D eigenvalue weighted by atomic mass is 9.93. The van der Waals surface area contributed by atoms with Gasteiger partial charge in [0, 0.05) is 42.2 Å². The molecule has 4 N–H and O–H groups in total. The van der Waals surface area contributed by atoms with Gasteiger partial charge in [-0.2, -0.15) is 0 Å². The molecule has 2 aromatic heterocycles. The molecule has 0 saturated carbocycles. The second-order valence-electron chi connectivity index (χ2n) is 8.54. The van der Waals surface area contributed by atoms with Crippen LogP contribution in [-0.4, -0.2) is 61.4 Å². The van der Waals surface area contributed by atoms with Crippen molar-refractivity contribution in [2.45, 2.75) is 25.7 Å². The number of fused-ring (bicyclic) bond motifs is 3. The number of nitrogens with zero attached hydrogens (tertiary/aromatic N) is 1. The van der Waals surface area contributed by atoms with Gasteiger partial charge in [-0.25, -0.2) is 13.4 Å². The smallest absolute Gasteiger partial charge is 0.251 e. The van der Waals surface area contributed by atoms with Crippen LogP contribution in [0.15, 0.2) is 47.5 Å². The van der Waals surface area contributed by atoms with Crippen LogP contribution >= 0.6 is 0 Å². The number of aliphatic hydroxyl groups excluding tert-OH is 1. The number of benzene rings is 2. The Morgan fingerprint density at radius 2 is 1.91 bits per heavy atom. The molecule has 0 unspecified atom stereocenters. The van der Waals surface area contributed by atoms with E-state index in [2.05, 4.69) is 20.6 Å². The highest BCUT2D eigenvalue weighted by Gasteiger charge is 2.21. The summed E-state index contributed by atoms with van der Waals surface area (Å²) in [5, 5.41) is 16.7. The highest BCUT2D eigenvalue weighted by atomic mass is 32.2. The van der Waals surface area contributed by atoms with Crippen LogP contribution in [-0.2, 0) is 9.84 Å². The van der Waals surface area contributed by atoms with Crippen molar-refractivity contribution in [3.05, 3.63) is 59.3 Å². The fraction of sp³-hybridized carbons (Fsp3) is 0.308. The normalized spacial score (nSPS) is 11.9. The summed E-state index contributed by atoms with van der Waals surface area (Å²) < 4.78 is 25.2. The average Bonchev–Trinajstić information content (AvgIpc) is 3.23. The Bertz CT molecular complexity index is 1510. The predicted octanol–water partition coefficient (Wildman–Crippen LogP) is 3.11. The molecule has 0 aliphatic heterocycles. The van der Waals surface area contributed by atoms with Gasteiger partial charge in [0.1, 0.15) is 5.65 Å². The van der Waals surface area contributed by atoms with E-state index < -0.39 is 9.84 Å². The lowest BCUT2D eigenvalue weighted by Crippen LogP contribution is -2.33. The summed E-state index contributed by atoms with van der Waals surface area (Å²) in [5.41, 5.74) is 5.27. The van der Waals surface area contributed by atoms with Gasteiger partial charge in [0.15, 0.2) is 9.84 Å². The van der Waals surface area contributed by atoms with Gasteiger partial charge in [-0.1, -0.05) is 19.1 Å². The molecule has 2 aromatic carbocycles. The maximum atomic E-state index is 13.2. The fourth-order valence-electron chi connectivity index (χ4n) is 4.25. The Morgan fingerprint density at radius 1 is 1.11 bits per heavy atom. The van der Waals surface area contributed by atoms with Crippen molar-refractivity contribution < 1.29 is 18.3 Å². The molecule has 0 bridgehead atoms. The van der Waals surface area contributed by atoms with Crippen LogP contribution in [0, 0.1) is 13.8 Å². The van der Waals surface area contributed by atoms with E-state index in [0.29, 0.717) is 36.4 Å². The van der Waals surface area contributed by atoms with Crippen molar-refractivity contribution in [1.29, 1.82) is 0 Å². The van der Waals surface area contributed by atoms with Crippen molar-refractivity contribution in [2.75, 3.05) is 32.0 Å². The second-order valence-corrected chi connectivity index (χ2v) is 10.8. The summed E-state index contributed by atoms with van der Waals surface area (Å²) in [6.45, 7) is 6.93. The third-order valence-corrected chi connectivity index (χ3v) is 7.86. The fourth-order valence-corrected chi connectivity index (χ4v) is 5.17. The maximum Gasteiger partial charge on any atom is 0.251 e. The first kappa shape index (κ1) is 24.8. The molecule has 0 fully saturated rings. The summed E-state index contributed by atoms with van der Waals surface area (Å²) in [6, 6.07) is 10.7. The van der Waals surface area contributed by atoms with Gasteiger partial charge < -0.3 is 20.7 Å². The highest BCUT2D eigenvalue weighted by Crippen LogP contribution is 2.38. The van der Waals surface area contributed by atoms with Gasteiger partial charge in [0.2, 0.25) is 0 Å². The standard InChI is InChI=1S/C26H30N4O4S/c1-4-35(33,34)19-7-5-6-18(13-19)21-14-20(26(32)28-9-8-27-10-11-31)17(3)24-23(21)22-12-16(2)15-29-25(22)30-24/h5-7,12-15,27,31H,4,8-11H2,1-3H3,(H,28,32)(H,29,30). The molecule has 184 valence electrons. The Balaban J connectivity index is 1.90. The van der Waals surface area contributed by atoms with Gasteiger partial charge in [0.05, 0.1) is 22.8 Å². The van der Waals surface area contributed by atoms with E-state index in [1.807, 2.05) is 32.0 Å². The zero-order valence-electron chi connectivity index (χ0n) is 20.1. The second kappa shape index (κ2) is 10.2. The molecule has 4 aromatic rings. The number of H-pyrrole nitrogens is 1. The lowest BCUT2D eigenvalue weighted by molar-refractivity contribution is 0.0953. The maximum absolute atomic E-state index is 13.2. The summed E-state index contributed by atoms with van der Waals surface area (Å²) in [7, 11) is -3.40. The van der Waals surface area contributed by atoms with E-state index in [1.165, 1.54) is 0 Å². The first-order valence-electron chi connectivity index (χ1n) is 11.6. The number of hydrogen-bond acceptors (Lipinski definition) is 6. The largest absolute Gasteiger partial charge is 0.395 e. The Labute approximate surface area is 204 Å². The summed E-state index contributed by atoms with van der Waals surface area (Å²) in [4.78, 5) is 21.3. The van der Waals surface area contributed by atoms with Crippen molar-refractivity contribution >= 4 is 37.7 Å². The summed E-state index contributed by atoms with van der Waals surface area (Å²) in [5.74, 6) is -0.218. The molecular formula is C26H30N4O4S. The van der Waals surface area contributed by atoms with E-state index in [-0.39, 0.29) is 23.2 Å². The molecule has 35 heavy (non-hydrogen) atoms. The van der Waals surface area contributed by atoms with E-state index in [9.17, 15) is 13.2 Å². The molecule has 8 nitrogen and oxygen atoms in total. The monoisotopic (exact) mass is 494 g/mol. The summed E-state index contributed by atoms with van der Waals surface area (Å²) in [6.07, 6.45) is 1.79. The number of aryl methyl sites for hydroxylation is 2. The number of sulfone groups is 1. The molecule has 0 saturated heterocycles. The highest BCUT2D eigenvalue weighted by molar-refractivity contribution is 7.91. The van der Waals surface area contributed by atoms with Crippen LogP contribution in [0.25, 0.3) is 33.1 Å². The van der Waals surface area contributed by atoms with E-state index >= 15 is 0 Å². The topological polar surface area (TPSA) is 124 Å². The van der Waals surface area contributed by atoms with Crippen molar-refractivity contribution in [3.63, 3.8) is 0 Å². The number of rotatable bonds is 9. The zero-order valence-corrected chi connectivity index (χ0v) is 20.9. The van der Waals surface area contributed by atoms with Crippen molar-refractivity contribution in [1.82, 2.24) is 20.6 Å². The Hall–Kier alpha value is -3.27.